The van der Waals surface area contributed by atoms with E-state index in [4.69, 9.17) is 27.4 Å². The lowest BCUT2D eigenvalue weighted by Gasteiger charge is -2.17. The molecule has 0 bridgehead atoms. The molecule has 0 heterocycles. The second-order valence-electron chi connectivity index (χ2n) is 2.34. The van der Waals surface area contributed by atoms with Crippen LogP contribution in [0.4, 0.5) is 0 Å². The summed E-state index contributed by atoms with van der Waals surface area (Å²) >= 11 is 5.82. The van der Waals surface area contributed by atoms with E-state index < -0.39 is 10.2 Å². The topological polar surface area (TPSA) is 37.3 Å². The molecule has 0 radical (unpaired) electrons. The zero-order valence-electron chi connectivity index (χ0n) is 6.41. The Hall–Kier alpha value is -0.380. The quantitative estimate of drug-likeness (QED) is 0.821. The lowest BCUT2D eigenvalue weighted by atomic mass is 10.1. The molecule has 0 spiro atoms. The molecule has 1 atom stereocenters. The van der Waals surface area contributed by atoms with Gasteiger partial charge in [0.1, 0.15) is 0 Å². The van der Waals surface area contributed by atoms with Crippen molar-refractivity contribution in [2.45, 2.75) is 4.21 Å². The zero-order valence-corrected chi connectivity index (χ0v) is 8.73. The molecule has 70 valence electrons. The number of alkyl halides is 1. The average molecular weight is 237 g/mol. The maximum absolute atomic E-state index is 10.8. The maximum Gasteiger partial charge on any atom is 0.341 e. The van der Waals surface area contributed by atoms with Gasteiger partial charge in [0.05, 0.1) is 0 Å². The highest BCUT2D eigenvalue weighted by atomic mass is 35.7. The Balaban J connectivity index is 3.11. The first-order valence-electron chi connectivity index (χ1n) is 3.39. The number of hydrogen-bond acceptors (Lipinski definition) is 2. The average Bonchev–Trinajstić information content (AvgIpc) is 2.17. The van der Waals surface area contributed by atoms with Gasteiger partial charge in [-0.05, 0) is 27.2 Å². The second-order valence-corrected chi connectivity index (χ2v) is 4.36. The summed E-state index contributed by atoms with van der Waals surface area (Å²) < 4.78 is -1.59. The van der Waals surface area contributed by atoms with Gasteiger partial charge in [0.25, 0.3) is 0 Å². The number of carbonyl (C=O) groups is 1. The zero-order chi connectivity index (χ0) is 9.90. The lowest BCUT2D eigenvalue weighted by molar-refractivity contribution is -0.137. The van der Waals surface area contributed by atoms with Gasteiger partial charge in [0.2, 0.25) is 4.21 Å². The summed E-state index contributed by atoms with van der Waals surface area (Å²) in [6.45, 7) is 0. The second kappa shape index (κ2) is 4.22. The summed E-state index contributed by atoms with van der Waals surface area (Å²) in [7, 11) is 6.01. The van der Waals surface area contributed by atoms with E-state index in [2.05, 4.69) is 0 Å². The molecule has 0 fully saturated rings. The number of halogens is 2. The van der Waals surface area contributed by atoms with Crippen molar-refractivity contribution in [1.82, 2.24) is 0 Å². The molecular formula is C8H6Cl2O2S. The third-order valence-corrected chi connectivity index (χ3v) is 3.69. The van der Waals surface area contributed by atoms with E-state index in [1.165, 1.54) is 0 Å². The molecular weight excluding hydrogens is 231 g/mol. The number of hydrogen-bond donors (Lipinski definition) is 1. The van der Waals surface area contributed by atoms with Crippen molar-refractivity contribution < 1.29 is 9.90 Å². The van der Waals surface area contributed by atoms with Crippen LogP contribution in [-0.2, 0) is 9.00 Å². The minimum atomic E-state index is -1.59. The Morgan fingerprint density at radius 3 is 2.31 bits per heavy atom. The lowest BCUT2D eigenvalue weighted by Crippen LogP contribution is -2.24. The Morgan fingerprint density at radius 2 is 1.92 bits per heavy atom. The van der Waals surface area contributed by atoms with Crippen molar-refractivity contribution >= 4 is 39.2 Å². The van der Waals surface area contributed by atoms with Crippen LogP contribution in [0.25, 0.3) is 0 Å². The third kappa shape index (κ3) is 2.10. The molecule has 1 aromatic rings. The molecule has 0 saturated heterocycles. The summed E-state index contributed by atoms with van der Waals surface area (Å²) in [4.78, 5) is 10.8. The molecule has 0 aliphatic heterocycles. The Bertz CT molecular complexity index is 304. The predicted molar refractivity (Wildman–Crippen MR) is 55.1 cm³/mol. The Kier molecular flexibility index (Phi) is 3.47. The first kappa shape index (κ1) is 10.7. The van der Waals surface area contributed by atoms with Gasteiger partial charge in [0.15, 0.2) is 0 Å². The van der Waals surface area contributed by atoms with E-state index in [0.717, 1.165) is 0 Å². The first-order chi connectivity index (χ1) is 6.11. The normalized spacial score (nSPS) is 14.9. The Labute approximate surface area is 89.4 Å². The van der Waals surface area contributed by atoms with E-state index in [9.17, 15) is 4.79 Å². The fourth-order valence-electron chi connectivity index (χ4n) is 0.854. The van der Waals surface area contributed by atoms with E-state index in [0.29, 0.717) is 16.5 Å². The van der Waals surface area contributed by atoms with E-state index in [-0.39, 0.29) is 0 Å². The largest absolute Gasteiger partial charge is 0.479 e. The summed E-state index contributed by atoms with van der Waals surface area (Å²) in [6, 6.07) is 8.44. The minimum absolute atomic E-state index is 0.462. The van der Waals surface area contributed by atoms with E-state index in [1.54, 1.807) is 30.3 Å². The van der Waals surface area contributed by atoms with Gasteiger partial charge in [-0.3, -0.25) is 0 Å². The smallest absolute Gasteiger partial charge is 0.341 e. The molecule has 0 aliphatic carbocycles. The molecule has 0 saturated carbocycles. The third-order valence-electron chi connectivity index (χ3n) is 1.53. The van der Waals surface area contributed by atoms with Crippen molar-refractivity contribution in [3.05, 3.63) is 35.9 Å². The highest BCUT2D eigenvalue weighted by molar-refractivity contribution is 8.23. The number of rotatable bonds is 3. The van der Waals surface area contributed by atoms with Crippen LogP contribution in [0.2, 0.25) is 0 Å². The van der Waals surface area contributed by atoms with Gasteiger partial charge in [-0.1, -0.05) is 41.9 Å². The van der Waals surface area contributed by atoms with Crippen LogP contribution >= 0.6 is 33.3 Å². The predicted octanol–water partition coefficient (Wildman–Crippen LogP) is 3.05. The minimum Gasteiger partial charge on any atom is -0.479 e. The number of benzene rings is 1. The first-order valence-corrected chi connectivity index (χ1v) is 5.41. The number of carboxylic acids is 1. The molecule has 0 aliphatic rings. The van der Waals surface area contributed by atoms with Gasteiger partial charge >= 0.3 is 5.97 Å². The van der Waals surface area contributed by atoms with Gasteiger partial charge < -0.3 is 5.11 Å². The number of aliphatic carboxylic acids is 1. The molecule has 13 heavy (non-hydrogen) atoms. The summed E-state index contributed by atoms with van der Waals surface area (Å²) in [6.07, 6.45) is 0. The number of carboxylic acid groups (broad SMARTS) is 1. The van der Waals surface area contributed by atoms with Crippen LogP contribution in [0, 0.1) is 0 Å². The van der Waals surface area contributed by atoms with Crippen molar-refractivity contribution in [2.24, 2.45) is 0 Å². The van der Waals surface area contributed by atoms with E-state index in [1.807, 2.05) is 0 Å². The van der Waals surface area contributed by atoms with Crippen LogP contribution < -0.4 is 0 Å². The Morgan fingerprint density at radius 1 is 1.38 bits per heavy atom. The van der Waals surface area contributed by atoms with Crippen LogP contribution in [0.1, 0.15) is 5.56 Å². The molecule has 1 N–H and O–H groups in total. The fourth-order valence-corrected chi connectivity index (χ4v) is 1.74. The van der Waals surface area contributed by atoms with Gasteiger partial charge in [-0.2, -0.15) is 0 Å². The van der Waals surface area contributed by atoms with Crippen molar-refractivity contribution in [1.29, 1.82) is 0 Å². The SMILES string of the molecule is O=C(O)C(Cl)(SCl)c1ccccc1. The molecule has 0 amide bonds. The van der Waals surface area contributed by atoms with Gasteiger partial charge in [-0.25, -0.2) is 4.79 Å². The summed E-state index contributed by atoms with van der Waals surface area (Å²) in [5.74, 6) is -1.17. The molecule has 5 heteroatoms. The van der Waals surface area contributed by atoms with Crippen LogP contribution in [-0.4, -0.2) is 11.1 Å². The highest BCUT2D eigenvalue weighted by Crippen LogP contribution is 2.43. The summed E-state index contributed by atoms with van der Waals surface area (Å²) in [5, 5.41) is 8.85. The fraction of sp³-hybridized carbons (Fsp3) is 0.125. The van der Waals surface area contributed by atoms with Crippen LogP contribution in [0.5, 0.6) is 0 Å². The molecule has 0 aromatic heterocycles. The standard InChI is InChI=1S/C8H6Cl2O2S/c9-8(13-10,7(11)12)6-4-2-1-3-5-6/h1-5H,(H,11,12). The highest BCUT2D eigenvalue weighted by Gasteiger charge is 2.38. The van der Waals surface area contributed by atoms with Crippen LogP contribution in [0.3, 0.4) is 0 Å². The molecule has 2 nitrogen and oxygen atoms in total. The van der Waals surface area contributed by atoms with Crippen molar-refractivity contribution in [3.63, 3.8) is 0 Å². The molecule has 1 unspecified atom stereocenters. The van der Waals surface area contributed by atoms with Crippen molar-refractivity contribution in [2.75, 3.05) is 0 Å². The van der Waals surface area contributed by atoms with Crippen molar-refractivity contribution in [3.8, 4) is 0 Å². The van der Waals surface area contributed by atoms with Gasteiger partial charge in [0, 0.05) is 0 Å². The summed E-state index contributed by atoms with van der Waals surface area (Å²) in [5.41, 5.74) is 0.462. The maximum atomic E-state index is 10.8. The van der Waals surface area contributed by atoms with Crippen LogP contribution in [0.15, 0.2) is 30.3 Å². The van der Waals surface area contributed by atoms with Gasteiger partial charge in [-0.15, -0.1) is 0 Å². The monoisotopic (exact) mass is 236 g/mol. The molecule has 1 aromatic carbocycles. The molecule has 1 rings (SSSR count). The van der Waals surface area contributed by atoms with E-state index >= 15 is 0 Å².